The number of likely N-dealkylation sites (tertiary alicyclic amines) is 2. The first-order chi connectivity index (χ1) is 13.7. The zero-order chi connectivity index (χ0) is 19.0. The van der Waals surface area contributed by atoms with Crippen LogP contribution in [0.15, 0.2) is 36.5 Å². The average Bonchev–Trinajstić information content (AvgIpc) is 3.49. The molecule has 148 valence electrons. The number of hydrogen-bond donors (Lipinski definition) is 0. The molecule has 2 aromatic rings. The summed E-state index contributed by atoms with van der Waals surface area (Å²) >= 11 is 2.01. The number of hydrogen-bond acceptors (Lipinski definition) is 4. The second kappa shape index (κ2) is 7.60. The average molecular weight is 396 g/mol. The molecule has 0 aromatic carbocycles. The molecule has 0 radical (unpaired) electrons. The van der Waals surface area contributed by atoms with Crippen LogP contribution < -0.4 is 0 Å². The molecule has 4 nitrogen and oxygen atoms in total. The molecule has 1 unspecified atom stereocenters. The molecule has 5 rings (SSSR count). The summed E-state index contributed by atoms with van der Waals surface area (Å²) < 4.78 is 0. The van der Waals surface area contributed by atoms with E-state index in [0.717, 1.165) is 50.6 Å². The molecule has 1 amide bonds. The molecule has 1 saturated carbocycles. The van der Waals surface area contributed by atoms with Gasteiger partial charge in [-0.15, -0.1) is 11.3 Å². The Morgan fingerprint density at radius 2 is 1.93 bits per heavy atom. The molecule has 2 saturated heterocycles. The normalized spacial score (nSPS) is 26.1. The van der Waals surface area contributed by atoms with Crippen LogP contribution in [0.25, 0.3) is 0 Å². The summed E-state index contributed by atoms with van der Waals surface area (Å²) in [6.45, 7) is 4.48. The quantitative estimate of drug-likeness (QED) is 0.752. The van der Waals surface area contributed by atoms with E-state index in [1.165, 1.54) is 30.6 Å². The SMILES string of the molecule is O=C1N(Cc2ccccn2)CCC12CCN(Cc1ccc(C3CCCC3)s1)C2. The van der Waals surface area contributed by atoms with Gasteiger partial charge in [0.25, 0.3) is 0 Å². The maximum Gasteiger partial charge on any atom is 0.230 e. The largest absolute Gasteiger partial charge is 0.336 e. The van der Waals surface area contributed by atoms with Crippen molar-refractivity contribution in [3.05, 3.63) is 52.0 Å². The highest BCUT2D eigenvalue weighted by molar-refractivity contribution is 7.12. The summed E-state index contributed by atoms with van der Waals surface area (Å²) in [7, 11) is 0. The lowest BCUT2D eigenvalue weighted by atomic mass is 9.85. The van der Waals surface area contributed by atoms with Gasteiger partial charge in [0.2, 0.25) is 5.91 Å². The van der Waals surface area contributed by atoms with E-state index in [4.69, 9.17) is 0 Å². The Balaban J connectivity index is 1.20. The van der Waals surface area contributed by atoms with Gasteiger partial charge in [-0.3, -0.25) is 14.7 Å². The Labute approximate surface area is 171 Å². The number of thiophene rings is 1. The van der Waals surface area contributed by atoms with Crippen molar-refractivity contribution in [1.82, 2.24) is 14.8 Å². The molecule has 28 heavy (non-hydrogen) atoms. The third-order valence-corrected chi connectivity index (χ3v) is 8.16. The number of rotatable bonds is 5. The van der Waals surface area contributed by atoms with Crippen LogP contribution >= 0.6 is 11.3 Å². The topological polar surface area (TPSA) is 36.4 Å². The fraction of sp³-hybridized carbons (Fsp3) is 0.565. The summed E-state index contributed by atoms with van der Waals surface area (Å²) in [4.78, 5) is 25.2. The molecular formula is C23H29N3OS. The minimum Gasteiger partial charge on any atom is -0.336 e. The molecule has 2 aromatic heterocycles. The van der Waals surface area contributed by atoms with Crippen LogP contribution in [0, 0.1) is 5.41 Å². The van der Waals surface area contributed by atoms with Crippen LogP contribution in [-0.2, 0) is 17.9 Å². The molecule has 1 spiro atoms. The third kappa shape index (κ3) is 3.50. The van der Waals surface area contributed by atoms with Crippen LogP contribution in [0.1, 0.15) is 59.9 Å². The molecule has 4 heterocycles. The molecule has 0 bridgehead atoms. The first-order valence-electron chi connectivity index (χ1n) is 10.7. The fourth-order valence-corrected chi connectivity index (χ4v) is 6.56. The lowest BCUT2D eigenvalue weighted by Crippen LogP contribution is -2.36. The Bertz CT molecular complexity index is 829. The molecular weight excluding hydrogens is 366 g/mol. The highest BCUT2D eigenvalue weighted by Gasteiger charge is 2.50. The molecule has 2 aliphatic heterocycles. The zero-order valence-electron chi connectivity index (χ0n) is 16.5. The highest BCUT2D eigenvalue weighted by Crippen LogP contribution is 2.42. The molecule has 3 aliphatic rings. The van der Waals surface area contributed by atoms with E-state index in [2.05, 4.69) is 22.0 Å². The molecule has 5 heteroatoms. The van der Waals surface area contributed by atoms with E-state index in [-0.39, 0.29) is 5.41 Å². The van der Waals surface area contributed by atoms with Crippen molar-refractivity contribution in [2.24, 2.45) is 5.41 Å². The van der Waals surface area contributed by atoms with Crippen molar-refractivity contribution in [2.45, 2.75) is 57.5 Å². The van der Waals surface area contributed by atoms with E-state index in [1.54, 1.807) is 4.88 Å². The summed E-state index contributed by atoms with van der Waals surface area (Å²) in [5.41, 5.74) is 0.834. The van der Waals surface area contributed by atoms with Crippen molar-refractivity contribution >= 4 is 17.2 Å². The molecule has 1 aliphatic carbocycles. The van der Waals surface area contributed by atoms with E-state index < -0.39 is 0 Å². The Kier molecular flexibility index (Phi) is 4.97. The van der Waals surface area contributed by atoms with Crippen molar-refractivity contribution in [1.29, 1.82) is 0 Å². The van der Waals surface area contributed by atoms with Gasteiger partial charge < -0.3 is 4.90 Å². The van der Waals surface area contributed by atoms with Crippen LogP contribution in [0.5, 0.6) is 0 Å². The minimum atomic E-state index is -0.152. The Morgan fingerprint density at radius 3 is 2.75 bits per heavy atom. The smallest absolute Gasteiger partial charge is 0.230 e. The number of amides is 1. The lowest BCUT2D eigenvalue weighted by molar-refractivity contribution is -0.136. The maximum absolute atomic E-state index is 13.2. The molecule has 0 N–H and O–H groups in total. The van der Waals surface area contributed by atoms with Gasteiger partial charge >= 0.3 is 0 Å². The van der Waals surface area contributed by atoms with Gasteiger partial charge in [-0.1, -0.05) is 18.9 Å². The van der Waals surface area contributed by atoms with Crippen LogP contribution in [0.3, 0.4) is 0 Å². The van der Waals surface area contributed by atoms with Gasteiger partial charge in [0.1, 0.15) is 0 Å². The number of nitrogens with zero attached hydrogens (tertiary/aromatic N) is 3. The number of pyridine rings is 1. The fourth-order valence-electron chi connectivity index (χ4n) is 5.33. The molecule has 3 fully saturated rings. The predicted molar refractivity (Wildman–Crippen MR) is 112 cm³/mol. The molecule has 1 atom stereocenters. The Hall–Kier alpha value is -1.72. The van der Waals surface area contributed by atoms with Gasteiger partial charge in [0.15, 0.2) is 0 Å². The first-order valence-corrected chi connectivity index (χ1v) is 11.5. The highest BCUT2D eigenvalue weighted by atomic mass is 32.1. The van der Waals surface area contributed by atoms with E-state index >= 15 is 0 Å². The van der Waals surface area contributed by atoms with Gasteiger partial charge in [-0.05, 0) is 62.4 Å². The van der Waals surface area contributed by atoms with Gasteiger partial charge in [0, 0.05) is 35.6 Å². The van der Waals surface area contributed by atoms with Crippen LogP contribution in [0.4, 0.5) is 0 Å². The van der Waals surface area contributed by atoms with E-state index in [1.807, 2.05) is 40.6 Å². The minimum absolute atomic E-state index is 0.152. The van der Waals surface area contributed by atoms with Crippen LogP contribution in [0.2, 0.25) is 0 Å². The number of carbonyl (C=O) groups is 1. The Morgan fingerprint density at radius 1 is 1.07 bits per heavy atom. The maximum atomic E-state index is 13.2. The van der Waals surface area contributed by atoms with Gasteiger partial charge in [-0.25, -0.2) is 0 Å². The lowest BCUT2D eigenvalue weighted by Gasteiger charge is -2.23. The predicted octanol–water partition coefficient (Wildman–Crippen LogP) is 4.43. The summed E-state index contributed by atoms with van der Waals surface area (Å²) in [5.74, 6) is 1.15. The van der Waals surface area contributed by atoms with Crippen molar-refractivity contribution < 1.29 is 4.79 Å². The van der Waals surface area contributed by atoms with Crippen molar-refractivity contribution in [3.63, 3.8) is 0 Å². The van der Waals surface area contributed by atoms with Gasteiger partial charge in [-0.2, -0.15) is 0 Å². The zero-order valence-corrected chi connectivity index (χ0v) is 17.3. The monoisotopic (exact) mass is 395 g/mol. The number of carbonyl (C=O) groups excluding carboxylic acids is 1. The summed E-state index contributed by atoms with van der Waals surface area (Å²) in [5, 5.41) is 0. The second-order valence-electron chi connectivity index (χ2n) is 8.82. The summed E-state index contributed by atoms with van der Waals surface area (Å²) in [6, 6.07) is 10.6. The second-order valence-corrected chi connectivity index (χ2v) is 10.0. The third-order valence-electron chi connectivity index (χ3n) is 6.93. The standard InChI is InChI=1S/C23H29N3OS/c27-22-23(11-14-26(22)15-19-7-3-4-12-24-19)10-13-25(17-23)16-20-8-9-21(28-20)18-5-1-2-6-18/h3-4,7-9,12,18H,1-2,5-6,10-11,13-17H2. The summed E-state index contributed by atoms with van der Waals surface area (Å²) in [6.07, 6.45) is 9.33. The first kappa shape index (κ1) is 18.3. The van der Waals surface area contributed by atoms with Crippen LogP contribution in [-0.4, -0.2) is 40.3 Å². The van der Waals surface area contributed by atoms with Gasteiger partial charge in [0.05, 0.1) is 17.7 Å². The van der Waals surface area contributed by atoms with Crippen molar-refractivity contribution in [2.75, 3.05) is 19.6 Å². The van der Waals surface area contributed by atoms with Crippen molar-refractivity contribution in [3.8, 4) is 0 Å². The van der Waals surface area contributed by atoms with E-state index in [9.17, 15) is 4.79 Å². The number of aromatic nitrogens is 1. The van der Waals surface area contributed by atoms with E-state index in [0.29, 0.717) is 12.5 Å².